The third-order valence-corrected chi connectivity index (χ3v) is 3.17. The van der Waals surface area contributed by atoms with Gasteiger partial charge in [-0.2, -0.15) is 5.41 Å². The van der Waals surface area contributed by atoms with E-state index in [0.717, 1.165) is 0 Å². The van der Waals surface area contributed by atoms with Crippen LogP contribution >= 0.6 is 0 Å². The van der Waals surface area contributed by atoms with Gasteiger partial charge in [0.05, 0.1) is 0 Å². The molecule has 0 spiro atoms. The first kappa shape index (κ1) is 14.2. The number of hydrogen-bond acceptors (Lipinski definition) is 0. The molecule has 0 N–H and O–H groups in total. The van der Waals surface area contributed by atoms with E-state index in [9.17, 15) is 0 Å². The van der Waals surface area contributed by atoms with Crippen molar-refractivity contribution in [2.75, 3.05) is 0 Å². The largest absolute Gasteiger partial charge is 0.338 e. The van der Waals surface area contributed by atoms with Gasteiger partial charge in [-0.15, -0.1) is 0 Å². The summed E-state index contributed by atoms with van der Waals surface area (Å²) in [5.41, 5.74) is 0.716. The Balaban J connectivity index is 0. The number of hydrogen-bond donors (Lipinski definition) is 0. The Morgan fingerprint density at radius 2 is 1.09 bits per heavy atom. The fraction of sp³-hybridized carbons (Fsp3) is 0.800. The maximum absolute atomic E-state index is 3.77. The molecule has 0 amide bonds. The first-order valence-electron chi connectivity index (χ1n) is 3.90. The van der Waals surface area contributed by atoms with Crippen LogP contribution in [0.4, 0.5) is 0 Å². The van der Waals surface area contributed by atoms with Gasteiger partial charge < -0.3 is 6.92 Å². The molecule has 11 heavy (non-hydrogen) atoms. The van der Waals surface area contributed by atoms with Crippen LogP contribution in [0.2, 0.25) is 0 Å². The first-order valence-corrected chi connectivity index (χ1v) is 5.76. The Kier molecular flexibility index (Phi) is 6.81. The van der Waals surface area contributed by atoms with E-state index in [0.29, 0.717) is 5.41 Å². The molecule has 67 valence electrons. The Morgan fingerprint density at radius 3 is 1.09 bits per heavy atom. The molecule has 0 saturated heterocycles. The molecule has 0 radical (unpaired) electrons. The molecule has 0 aliphatic carbocycles. The predicted octanol–water partition coefficient (Wildman–Crippen LogP) is 3.25. The fourth-order valence-corrected chi connectivity index (χ4v) is 0. The monoisotopic (exact) mass is 322 g/mol. The van der Waals surface area contributed by atoms with E-state index in [2.05, 4.69) is 52.7 Å². The van der Waals surface area contributed by atoms with Crippen molar-refractivity contribution in [3.05, 3.63) is 6.92 Å². The minimum Gasteiger partial charge on any atom is -0.338 e. The summed E-state index contributed by atoms with van der Waals surface area (Å²) in [5, 5.41) is 0. The summed E-state index contributed by atoms with van der Waals surface area (Å²) in [6.45, 7) is 16.6. The minimum absolute atomic E-state index is 0.250. The Morgan fingerprint density at radius 1 is 1.00 bits per heavy atom. The average molecular weight is 322 g/mol. The summed E-state index contributed by atoms with van der Waals surface area (Å²) in [6, 6.07) is 0. The molecule has 0 nitrogen and oxygen atoms in total. The van der Waals surface area contributed by atoms with Gasteiger partial charge in [0, 0.05) is 0 Å². The van der Waals surface area contributed by atoms with Gasteiger partial charge in [-0.1, -0.05) is 20.8 Å². The molecule has 0 aromatic rings. The minimum atomic E-state index is 0.250. The molecular formula is C10H21Ta-. The maximum atomic E-state index is 3.77. The molecule has 1 heteroatoms. The van der Waals surface area contributed by atoms with Crippen molar-refractivity contribution < 1.29 is 20.6 Å². The van der Waals surface area contributed by atoms with Gasteiger partial charge in [-0.25, -0.2) is 0 Å². The smallest absolute Gasteiger partial charge is 0.0878 e. The quantitative estimate of drug-likeness (QED) is 0.601. The van der Waals surface area contributed by atoms with Crippen molar-refractivity contribution in [2.45, 2.75) is 41.5 Å². The Bertz CT molecular complexity index is 95.0. The van der Waals surface area contributed by atoms with Crippen LogP contribution in [-0.2, 0) is 20.6 Å². The van der Waals surface area contributed by atoms with Gasteiger partial charge in [0.25, 0.3) is 0 Å². The predicted molar refractivity (Wildman–Crippen MR) is 50.3 cm³/mol. The van der Waals surface area contributed by atoms with E-state index in [1.165, 1.54) is 20.6 Å². The second-order valence-electron chi connectivity index (χ2n) is 5.06. The van der Waals surface area contributed by atoms with E-state index in [4.69, 9.17) is 0 Å². The fourth-order valence-electron chi connectivity index (χ4n) is 0. The summed E-state index contributed by atoms with van der Waals surface area (Å²) >= 11 is 1.40. The standard InChI is InChI=1S/C5H11.C5H10.Ta/c2*1-5(2,3)4;/h1H2,2-4H3;1H,2-4H3;/q-1;;. The molecule has 0 fully saturated rings. The van der Waals surface area contributed by atoms with Crippen LogP contribution in [0.25, 0.3) is 0 Å². The topological polar surface area (TPSA) is 0 Å². The first-order chi connectivity index (χ1) is 4.56. The summed E-state index contributed by atoms with van der Waals surface area (Å²) < 4.78 is 2.30. The van der Waals surface area contributed by atoms with Crippen LogP contribution in [0.5, 0.6) is 0 Å². The molecule has 0 bridgehead atoms. The van der Waals surface area contributed by atoms with Crippen LogP contribution in [0, 0.1) is 17.8 Å². The summed E-state index contributed by atoms with van der Waals surface area (Å²) in [5.74, 6) is 0. The Hall–Kier alpha value is 0.610. The molecule has 0 atom stereocenters. The van der Waals surface area contributed by atoms with Crippen LogP contribution in [0.3, 0.4) is 0 Å². The second kappa shape index (κ2) is 5.29. The molecule has 0 rings (SSSR count). The summed E-state index contributed by atoms with van der Waals surface area (Å²) in [4.78, 5) is 0. The van der Waals surface area contributed by atoms with Gasteiger partial charge in [0.15, 0.2) is 0 Å². The van der Waals surface area contributed by atoms with Crippen LogP contribution in [0.15, 0.2) is 0 Å². The van der Waals surface area contributed by atoms with Crippen molar-refractivity contribution in [1.82, 2.24) is 0 Å². The van der Waals surface area contributed by atoms with Gasteiger partial charge in [0.2, 0.25) is 0 Å². The van der Waals surface area contributed by atoms with Gasteiger partial charge in [0.1, 0.15) is 0 Å². The molecule has 0 aromatic heterocycles. The van der Waals surface area contributed by atoms with E-state index < -0.39 is 0 Å². The van der Waals surface area contributed by atoms with E-state index in [1.54, 1.807) is 0 Å². The third kappa shape index (κ3) is 60.4. The van der Waals surface area contributed by atoms with Gasteiger partial charge in [-0.05, 0) is 0 Å². The van der Waals surface area contributed by atoms with Crippen LogP contribution < -0.4 is 0 Å². The molecule has 0 heterocycles. The Labute approximate surface area is 84.2 Å². The van der Waals surface area contributed by atoms with Gasteiger partial charge >= 0.3 is 51.0 Å². The number of rotatable bonds is 0. The summed E-state index contributed by atoms with van der Waals surface area (Å²) in [7, 11) is 0. The zero-order chi connectivity index (χ0) is 9.71. The van der Waals surface area contributed by atoms with Crippen molar-refractivity contribution in [2.24, 2.45) is 10.8 Å². The van der Waals surface area contributed by atoms with Crippen LogP contribution in [-0.4, -0.2) is 4.23 Å². The molecule has 0 aliphatic heterocycles. The molecule has 0 aromatic carbocycles. The van der Waals surface area contributed by atoms with Crippen molar-refractivity contribution in [3.8, 4) is 0 Å². The molecular weight excluding hydrogens is 301 g/mol. The normalized spacial score (nSPS) is 11.5. The van der Waals surface area contributed by atoms with E-state index in [-0.39, 0.29) is 5.41 Å². The molecule has 0 unspecified atom stereocenters. The maximum Gasteiger partial charge on any atom is -0.0878 e. The van der Waals surface area contributed by atoms with Crippen molar-refractivity contribution in [1.29, 1.82) is 0 Å². The average Bonchev–Trinajstić information content (AvgIpc) is 1.59. The molecule has 0 saturated carbocycles. The van der Waals surface area contributed by atoms with E-state index in [1.807, 2.05) is 0 Å². The van der Waals surface area contributed by atoms with Crippen molar-refractivity contribution in [3.63, 3.8) is 0 Å². The summed E-state index contributed by atoms with van der Waals surface area (Å²) in [6.07, 6.45) is 0. The molecule has 0 aliphatic rings. The third-order valence-electron chi connectivity index (χ3n) is 0.387. The van der Waals surface area contributed by atoms with Crippen LogP contribution in [0.1, 0.15) is 41.5 Å². The van der Waals surface area contributed by atoms with Crippen molar-refractivity contribution >= 4 is 4.23 Å². The van der Waals surface area contributed by atoms with E-state index >= 15 is 0 Å². The van der Waals surface area contributed by atoms with Gasteiger partial charge in [-0.3, -0.25) is 0 Å². The second-order valence-corrected chi connectivity index (χ2v) is 5.98. The zero-order valence-corrected chi connectivity index (χ0v) is 11.9. The SMILES string of the molecule is CC(C)(C)[CH]=[Ta].[CH2-]C(C)(C)C. The zero-order valence-electron chi connectivity index (χ0n) is 8.73.